The molecular weight excluding hydrogens is 144 g/mol. The van der Waals surface area contributed by atoms with Crippen LogP contribution in [0.25, 0.3) is 0 Å². The van der Waals surface area contributed by atoms with Crippen LogP contribution in [0.2, 0.25) is 0 Å². The summed E-state index contributed by atoms with van der Waals surface area (Å²) in [4.78, 5) is 11.0. The molecule has 1 aliphatic carbocycles. The zero-order chi connectivity index (χ0) is 7.84. The zero-order valence-corrected chi connectivity index (χ0v) is 6.32. The van der Waals surface area contributed by atoms with Gasteiger partial charge in [0.05, 0.1) is 5.92 Å². The van der Waals surface area contributed by atoms with Gasteiger partial charge in [0.15, 0.2) is 0 Å². The second-order valence-corrected chi connectivity index (χ2v) is 3.38. The molecule has 3 atom stereocenters. The van der Waals surface area contributed by atoms with E-state index in [-0.39, 0.29) is 17.8 Å². The molecule has 2 rings (SSSR count). The summed E-state index contributed by atoms with van der Waals surface area (Å²) in [6, 6.07) is 0. The molecule has 0 aromatic carbocycles. The second-order valence-electron chi connectivity index (χ2n) is 3.38. The molecule has 0 aromatic heterocycles. The summed E-state index contributed by atoms with van der Waals surface area (Å²) in [5, 5.41) is 9.25. The topological polar surface area (TPSA) is 46.5 Å². The average molecular weight is 156 g/mol. The number of ether oxygens (including phenoxy) is 1. The van der Waals surface area contributed by atoms with Crippen molar-refractivity contribution < 1.29 is 14.6 Å². The Kier molecular flexibility index (Phi) is 1.60. The predicted octanol–water partition coefficient (Wildman–Crippen LogP) is 0.668. The van der Waals surface area contributed by atoms with E-state index in [1.54, 1.807) is 0 Å². The number of hydrogen-bond acceptors (Lipinski definition) is 3. The molecule has 1 saturated carbocycles. The van der Waals surface area contributed by atoms with E-state index in [1.807, 2.05) is 0 Å². The second kappa shape index (κ2) is 2.48. The summed E-state index contributed by atoms with van der Waals surface area (Å²) >= 11 is 0. The highest BCUT2D eigenvalue weighted by Gasteiger charge is 2.44. The molecule has 1 saturated heterocycles. The Bertz CT molecular complexity index is 178. The van der Waals surface area contributed by atoms with Crippen LogP contribution in [0.5, 0.6) is 0 Å². The minimum atomic E-state index is -0.812. The van der Waals surface area contributed by atoms with E-state index in [9.17, 15) is 9.90 Å². The van der Waals surface area contributed by atoms with Crippen LogP contribution in [0.1, 0.15) is 25.7 Å². The van der Waals surface area contributed by atoms with Crippen molar-refractivity contribution in [3.8, 4) is 0 Å². The van der Waals surface area contributed by atoms with Crippen molar-refractivity contribution in [3.05, 3.63) is 0 Å². The molecule has 2 aliphatic rings. The third-order valence-corrected chi connectivity index (χ3v) is 2.73. The molecule has 2 fully saturated rings. The minimum Gasteiger partial charge on any atom is -0.435 e. The first-order valence-corrected chi connectivity index (χ1v) is 4.17. The monoisotopic (exact) mass is 156 g/mol. The van der Waals surface area contributed by atoms with E-state index < -0.39 is 6.29 Å². The van der Waals surface area contributed by atoms with E-state index in [4.69, 9.17) is 4.74 Å². The average Bonchev–Trinajstić information content (AvgIpc) is 2.30. The van der Waals surface area contributed by atoms with E-state index in [2.05, 4.69) is 0 Å². The lowest BCUT2D eigenvalue weighted by Gasteiger charge is -2.21. The van der Waals surface area contributed by atoms with Gasteiger partial charge in [0.1, 0.15) is 0 Å². The molecule has 0 spiro atoms. The van der Waals surface area contributed by atoms with E-state index in [1.165, 1.54) is 0 Å². The Labute approximate surface area is 65.4 Å². The predicted molar refractivity (Wildman–Crippen MR) is 37.5 cm³/mol. The Balaban J connectivity index is 2.13. The van der Waals surface area contributed by atoms with E-state index in [0.29, 0.717) is 0 Å². The Hall–Kier alpha value is -0.570. The Morgan fingerprint density at radius 1 is 1.36 bits per heavy atom. The van der Waals surface area contributed by atoms with Gasteiger partial charge in [-0.1, -0.05) is 12.8 Å². The minimum absolute atomic E-state index is 0.00116. The van der Waals surface area contributed by atoms with Crippen molar-refractivity contribution in [1.29, 1.82) is 0 Å². The van der Waals surface area contributed by atoms with Gasteiger partial charge in [-0.15, -0.1) is 0 Å². The van der Waals surface area contributed by atoms with Crippen molar-refractivity contribution >= 4 is 5.97 Å². The van der Waals surface area contributed by atoms with Gasteiger partial charge in [-0.3, -0.25) is 4.79 Å². The molecule has 0 amide bonds. The lowest BCUT2D eigenvalue weighted by atomic mass is 9.81. The number of cyclic esters (lactones) is 1. The number of esters is 1. The number of rotatable bonds is 0. The smallest absolute Gasteiger partial charge is 0.311 e. The summed E-state index contributed by atoms with van der Waals surface area (Å²) in [6.45, 7) is 0. The van der Waals surface area contributed by atoms with Gasteiger partial charge >= 0.3 is 5.97 Å². The zero-order valence-electron chi connectivity index (χ0n) is 6.32. The maximum Gasteiger partial charge on any atom is 0.311 e. The van der Waals surface area contributed by atoms with Crippen LogP contribution in [0.3, 0.4) is 0 Å². The van der Waals surface area contributed by atoms with E-state index >= 15 is 0 Å². The number of fused-ring (bicyclic) bond motifs is 1. The fourth-order valence-corrected chi connectivity index (χ4v) is 2.09. The number of aliphatic hydroxyl groups is 1. The lowest BCUT2D eigenvalue weighted by molar-refractivity contribution is -0.156. The van der Waals surface area contributed by atoms with Gasteiger partial charge in [0.25, 0.3) is 0 Å². The molecule has 3 heteroatoms. The fourth-order valence-electron chi connectivity index (χ4n) is 2.09. The highest BCUT2D eigenvalue weighted by atomic mass is 16.6. The molecule has 0 bridgehead atoms. The van der Waals surface area contributed by atoms with Gasteiger partial charge in [-0.2, -0.15) is 0 Å². The first-order chi connectivity index (χ1) is 5.29. The third-order valence-electron chi connectivity index (χ3n) is 2.73. The van der Waals surface area contributed by atoms with Gasteiger partial charge in [0.2, 0.25) is 6.29 Å². The molecule has 3 nitrogen and oxygen atoms in total. The van der Waals surface area contributed by atoms with Crippen LogP contribution < -0.4 is 0 Å². The summed E-state index contributed by atoms with van der Waals surface area (Å²) < 4.78 is 4.72. The highest BCUT2D eigenvalue weighted by molar-refractivity contribution is 5.75. The molecule has 1 aliphatic heterocycles. The fraction of sp³-hybridized carbons (Fsp3) is 0.875. The largest absolute Gasteiger partial charge is 0.435 e. The van der Waals surface area contributed by atoms with Crippen LogP contribution in [0, 0.1) is 11.8 Å². The summed E-state index contributed by atoms with van der Waals surface area (Å²) in [5.41, 5.74) is 0. The number of carbonyl (C=O) groups excluding carboxylic acids is 1. The Morgan fingerprint density at radius 2 is 2.09 bits per heavy atom. The molecule has 0 radical (unpaired) electrons. The SMILES string of the molecule is O=C1OC(O)[C@@H]2CCCCC12. The third kappa shape index (κ3) is 1.03. The first kappa shape index (κ1) is 7.10. The van der Waals surface area contributed by atoms with Gasteiger partial charge < -0.3 is 9.84 Å². The maximum atomic E-state index is 11.0. The molecule has 1 heterocycles. The van der Waals surface area contributed by atoms with Gasteiger partial charge in [-0.25, -0.2) is 0 Å². The van der Waals surface area contributed by atoms with E-state index in [0.717, 1.165) is 25.7 Å². The van der Waals surface area contributed by atoms with Crippen LogP contribution in [0.15, 0.2) is 0 Å². The van der Waals surface area contributed by atoms with Crippen molar-refractivity contribution in [1.82, 2.24) is 0 Å². The number of aliphatic hydroxyl groups excluding tert-OH is 1. The number of hydrogen-bond donors (Lipinski definition) is 1. The van der Waals surface area contributed by atoms with Crippen molar-refractivity contribution in [3.63, 3.8) is 0 Å². The maximum absolute atomic E-state index is 11.0. The van der Waals surface area contributed by atoms with Crippen LogP contribution in [0.4, 0.5) is 0 Å². The van der Waals surface area contributed by atoms with Gasteiger partial charge in [-0.05, 0) is 12.8 Å². The molecule has 11 heavy (non-hydrogen) atoms. The van der Waals surface area contributed by atoms with Crippen molar-refractivity contribution in [2.24, 2.45) is 11.8 Å². The summed E-state index contributed by atoms with van der Waals surface area (Å²) in [7, 11) is 0. The molecule has 62 valence electrons. The van der Waals surface area contributed by atoms with Crippen LogP contribution in [-0.2, 0) is 9.53 Å². The lowest BCUT2D eigenvalue weighted by Crippen LogP contribution is -2.23. The standard InChI is InChI=1S/C8H12O3/c9-7-5-3-1-2-4-6(5)8(10)11-7/h5-7,9H,1-4H2/t5-,6?,7?/m1/s1. The molecular formula is C8H12O3. The molecule has 1 N–H and O–H groups in total. The molecule has 2 unspecified atom stereocenters. The summed E-state index contributed by atoms with van der Waals surface area (Å²) in [6.07, 6.45) is 3.25. The van der Waals surface area contributed by atoms with Gasteiger partial charge in [0, 0.05) is 5.92 Å². The highest BCUT2D eigenvalue weighted by Crippen LogP contribution is 2.38. The Morgan fingerprint density at radius 3 is 2.82 bits per heavy atom. The normalized spacial score (nSPS) is 43.4. The van der Waals surface area contributed by atoms with Crippen molar-refractivity contribution in [2.45, 2.75) is 32.0 Å². The number of carbonyl (C=O) groups is 1. The quantitative estimate of drug-likeness (QED) is 0.524. The summed E-state index contributed by atoms with van der Waals surface area (Å²) in [5.74, 6) is -0.0998. The first-order valence-electron chi connectivity index (χ1n) is 4.17. The van der Waals surface area contributed by atoms with Crippen LogP contribution >= 0.6 is 0 Å². The molecule has 0 aromatic rings. The van der Waals surface area contributed by atoms with Crippen LogP contribution in [-0.4, -0.2) is 17.4 Å². The van der Waals surface area contributed by atoms with Crippen molar-refractivity contribution in [2.75, 3.05) is 0 Å².